The van der Waals surface area contributed by atoms with E-state index in [2.05, 4.69) is 33.2 Å². The van der Waals surface area contributed by atoms with Crippen molar-refractivity contribution in [3.05, 3.63) is 12.2 Å². The number of hydrogen-bond acceptors (Lipinski definition) is 0. The SMILES string of the molecule is CC/C=C/C[NH+](C)C.[Br-]. The summed E-state index contributed by atoms with van der Waals surface area (Å²) in [6, 6.07) is 0. The molecule has 0 unspecified atom stereocenters. The molecule has 56 valence electrons. The summed E-state index contributed by atoms with van der Waals surface area (Å²) in [6.07, 6.45) is 5.58. The van der Waals surface area contributed by atoms with E-state index in [4.69, 9.17) is 0 Å². The van der Waals surface area contributed by atoms with Crippen molar-refractivity contribution < 1.29 is 21.9 Å². The maximum atomic E-state index is 2.22. The van der Waals surface area contributed by atoms with Crippen molar-refractivity contribution in [1.82, 2.24) is 0 Å². The molecule has 0 amide bonds. The summed E-state index contributed by atoms with van der Waals surface area (Å²) < 4.78 is 0. The zero-order valence-electron chi connectivity index (χ0n) is 6.45. The average molecular weight is 194 g/mol. The summed E-state index contributed by atoms with van der Waals surface area (Å²) in [7, 11) is 4.31. The third-order valence-electron chi connectivity index (χ3n) is 0.928. The van der Waals surface area contributed by atoms with Gasteiger partial charge >= 0.3 is 0 Å². The fraction of sp³-hybridized carbons (Fsp3) is 0.714. The second-order valence-electron chi connectivity index (χ2n) is 2.29. The fourth-order valence-corrected chi connectivity index (χ4v) is 0.486. The van der Waals surface area contributed by atoms with Gasteiger partial charge in [0.2, 0.25) is 0 Å². The van der Waals surface area contributed by atoms with Crippen molar-refractivity contribution >= 4 is 0 Å². The van der Waals surface area contributed by atoms with Crippen LogP contribution < -0.4 is 21.9 Å². The van der Waals surface area contributed by atoms with E-state index in [9.17, 15) is 0 Å². The van der Waals surface area contributed by atoms with Gasteiger partial charge in [0, 0.05) is 0 Å². The van der Waals surface area contributed by atoms with E-state index in [1.807, 2.05) is 0 Å². The Morgan fingerprint density at radius 3 is 2.11 bits per heavy atom. The van der Waals surface area contributed by atoms with E-state index in [1.165, 1.54) is 4.90 Å². The first-order chi connectivity index (χ1) is 3.77. The second kappa shape index (κ2) is 8.18. The van der Waals surface area contributed by atoms with Crippen LogP contribution in [-0.4, -0.2) is 20.6 Å². The lowest BCUT2D eigenvalue weighted by atomic mass is 10.4. The predicted octanol–water partition coefficient (Wildman–Crippen LogP) is -2.90. The molecule has 9 heavy (non-hydrogen) atoms. The number of halogens is 1. The number of quaternary nitrogens is 1. The monoisotopic (exact) mass is 193 g/mol. The van der Waals surface area contributed by atoms with Gasteiger partial charge in [-0.2, -0.15) is 0 Å². The van der Waals surface area contributed by atoms with Crippen LogP contribution in [0.4, 0.5) is 0 Å². The largest absolute Gasteiger partial charge is 1.00 e. The summed E-state index contributed by atoms with van der Waals surface area (Å²) in [6.45, 7) is 3.30. The van der Waals surface area contributed by atoms with Crippen molar-refractivity contribution in [2.45, 2.75) is 13.3 Å². The van der Waals surface area contributed by atoms with Gasteiger partial charge in [0.1, 0.15) is 0 Å². The molecule has 0 bridgehead atoms. The van der Waals surface area contributed by atoms with Crippen LogP contribution in [0.5, 0.6) is 0 Å². The molecule has 2 heteroatoms. The number of nitrogens with one attached hydrogen (secondary N) is 1. The normalized spacial score (nSPS) is 10.2. The molecule has 0 aromatic carbocycles. The quantitative estimate of drug-likeness (QED) is 0.460. The highest BCUT2D eigenvalue weighted by Crippen LogP contribution is 1.74. The molecule has 0 saturated heterocycles. The molecular formula is C7H16BrN. The summed E-state index contributed by atoms with van der Waals surface area (Å²) in [5.41, 5.74) is 0. The lowest BCUT2D eigenvalue weighted by Crippen LogP contribution is -3.05. The number of rotatable bonds is 3. The number of likely N-dealkylation sites (N-methyl/N-ethyl adjacent to an activating group) is 1. The minimum absolute atomic E-state index is 0. The average Bonchev–Trinajstić information content (AvgIpc) is 1.66. The minimum Gasteiger partial charge on any atom is -1.00 e. The minimum atomic E-state index is 0. The summed E-state index contributed by atoms with van der Waals surface area (Å²) in [4.78, 5) is 1.48. The van der Waals surface area contributed by atoms with Crippen LogP contribution in [0, 0.1) is 0 Å². The molecule has 0 atom stereocenters. The highest BCUT2D eigenvalue weighted by atomic mass is 79.9. The van der Waals surface area contributed by atoms with Crippen molar-refractivity contribution in [2.75, 3.05) is 20.6 Å². The highest BCUT2D eigenvalue weighted by molar-refractivity contribution is 4.78. The third-order valence-corrected chi connectivity index (χ3v) is 0.928. The molecule has 1 N–H and O–H groups in total. The molecule has 1 nitrogen and oxygen atoms in total. The molecule has 0 rings (SSSR count). The molecular weight excluding hydrogens is 178 g/mol. The van der Waals surface area contributed by atoms with Gasteiger partial charge in [-0.1, -0.05) is 13.0 Å². The van der Waals surface area contributed by atoms with Crippen LogP contribution >= 0.6 is 0 Å². The van der Waals surface area contributed by atoms with E-state index in [0.717, 1.165) is 13.0 Å². The third kappa shape index (κ3) is 11.6. The molecule has 0 spiro atoms. The van der Waals surface area contributed by atoms with E-state index in [0.29, 0.717) is 0 Å². The molecule has 0 heterocycles. The lowest BCUT2D eigenvalue weighted by Gasteiger charge is -2.00. The number of allylic oxidation sites excluding steroid dienone is 1. The van der Waals surface area contributed by atoms with Crippen LogP contribution in [0.1, 0.15) is 13.3 Å². The standard InChI is InChI=1S/C7H15N.BrH/c1-4-5-6-7-8(2)3;/h5-6H,4,7H2,1-3H3;1H/b6-5+;. The first-order valence-electron chi connectivity index (χ1n) is 3.21. The Labute approximate surface area is 68.5 Å². The summed E-state index contributed by atoms with van der Waals surface area (Å²) in [5.74, 6) is 0. The molecule has 0 aliphatic heterocycles. The topological polar surface area (TPSA) is 4.44 Å². The Kier molecular flexibility index (Phi) is 10.8. The van der Waals surface area contributed by atoms with Crippen molar-refractivity contribution in [3.8, 4) is 0 Å². The van der Waals surface area contributed by atoms with Crippen LogP contribution in [-0.2, 0) is 0 Å². The summed E-state index contributed by atoms with van der Waals surface area (Å²) in [5, 5.41) is 0. The molecule has 0 aliphatic carbocycles. The van der Waals surface area contributed by atoms with Gasteiger partial charge in [-0.25, -0.2) is 0 Å². The zero-order valence-corrected chi connectivity index (χ0v) is 8.03. The van der Waals surface area contributed by atoms with Gasteiger partial charge in [-0.3, -0.25) is 0 Å². The smallest absolute Gasteiger partial charge is 0.0953 e. The molecule has 0 aromatic heterocycles. The van der Waals surface area contributed by atoms with Gasteiger partial charge in [0.15, 0.2) is 0 Å². The zero-order chi connectivity index (χ0) is 6.41. The molecule has 0 radical (unpaired) electrons. The Hall–Kier alpha value is 0.180. The van der Waals surface area contributed by atoms with Crippen molar-refractivity contribution in [1.29, 1.82) is 0 Å². The highest BCUT2D eigenvalue weighted by Gasteiger charge is 1.81. The second-order valence-corrected chi connectivity index (χ2v) is 2.29. The number of hydrogen-bond donors (Lipinski definition) is 1. The lowest BCUT2D eigenvalue weighted by molar-refractivity contribution is -0.851. The van der Waals surface area contributed by atoms with Gasteiger partial charge in [-0.05, 0) is 12.5 Å². The van der Waals surface area contributed by atoms with Crippen molar-refractivity contribution in [2.24, 2.45) is 0 Å². The van der Waals surface area contributed by atoms with Gasteiger partial charge in [-0.15, -0.1) is 0 Å². The molecule has 0 aliphatic rings. The van der Waals surface area contributed by atoms with Crippen LogP contribution in [0.25, 0.3) is 0 Å². The van der Waals surface area contributed by atoms with Gasteiger partial charge < -0.3 is 21.9 Å². The first kappa shape index (κ1) is 11.9. The Bertz CT molecular complexity index is 69.3. The van der Waals surface area contributed by atoms with Crippen LogP contribution in [0.2, 0.25) is 0 Å². The van der Waals surface area contributed by atoms with E-state index in [-0.39, 0.29) is 17.0 Å². The maximum absolute atomic E-state index is 2.22. The Morgan fingerprint density at radius 2 is 1.78 bits per heavy atom. The molecule has 0 fully saturated rings. The van der Waals surface area contributed by atoms with Crippen molar-refractivity contribution in [3.63, 3.8) is 0 Å². The fourth-order valence-electron chi connectivity index (χ4n) is 0.486. The molecule has 0 aromatic rings. The maximum Gasteiger partial charge on any atom is 0.0953 e. The van der Waals surface area contributed by atoms with E-state index >= 15 is 0 Å². The van der Waals surface area contributed by atoms with E-state index in [1.54, 1.807) is 0 Å². The van der Waals surface area contributed by atoms with Crippen LogP contribution in [0.15, 0.2) is 12.2 Å². The molecule has 0 saturated carbocycles. The van der Waals surface area contributed by atoms with Crippen LogP contribution in [0.3, 0.4) is 0 Å². The van der Waals surface area contributed by atoms with E-state index < -0.39 is 0 Å². The van der Waals surface area contributed by atoms with Gasteiger partial charge in [0.25, 0.3) is 0 Å². The predicted molar refractivity (Wildman–Crippen MR) is 37.1 cm³/mol. The Morgan fingerprint density at radius 1 is 1.22 bits per heavy atom. The summed E-state index contributed by atoms with van der Waals surface area (Å²) >= 11 is 0. The first-order valence-corrected chi connectivity index (χ1v) is 3.21. The van der Waals surface area contributed by atoms with Gasteiger partial charge in [0.05, 0.1) is 20.6 Å². The Balaban J connectivity index is 0.